The maximum Gasteiger partial charge on any atom is 0.254 e. The highest BCUT2D eigenvalue weighted by molar-refractivity contribution is 5.94. The van der Waals surface area contributed by atoms with Crippen molar-refractivity contribution in [3.05, 3.63) is 59.2 Å². The van der Waals surface area contributed by atoms with Gasteiger partial charge in [-0.3, -0.25) is 4.79 Å². The summed E-state index contributed by atoms with van der Waals surface area (Å²) in [6.07, 6.45) is 3.30. The van der Waals surface area contributed by atoms with Gasteiger partial charge in [-0.25, -0.2) is 8.78 Å². The van der Waals surface area contributed by atoms with E-state index in [1.807, 2.05) is 24.3 Å². The molecule has 0 bridgehead atoms. The van der Waals surface area contributed by atoms with Gasteiger partial charge in [-0.05, 0) is 36.2 Å². The van der Waals surface area contributed by atoms with Gasteiger partial charge in [0.25, 0.3) is 5.91 Å². The van der Waals surface area contributed by atoms with Crippen LogP contribution in [0.2, 0.25) is 0 Å². The van der Waals surface area contributed by atoms with Crippen LogP contribution in [0.25, 0.3) is 0 Å². The van der Waals surface area contributed by atoms with E-state index in [9.17, 15) is 13.6 Å². The highest BCUT2D eigenvalue weighted by atomic mass is 19.1. The third kappa shape index (κ3) is 5.17. The summed E-state index contributed by atoms with van der Waals surface area (Å²) in [5, 5.41) is 2.84. The molecule has 6 heteroatoms. The Morgan fingerprint density at radius 1 is 1.12 bits per heavy atom. The first kappa shape index (κ1) is 18.7. The Bertz CT molecular complexity index is 718. The zero-order valence-corrected chi connectivity index (χ0v) is 14.1. The first-order valence-corrected chi connectivity index (χ1v) is 8.26. The molecule has 0 atom stereocenters. The van der Waals surface area contributed by atoms with Crippen molar-refractivity contribution in [3.8, 4) is 5.75 Å². The second-order valence-electron chi connectivity index (χ2n) is 5.70. The lowest BCUT2D eigenvalue weighted by atomic mass is 10.1. The number of halogens is 2. The summed E-state index contributed by atoms with van der Waals surface area (Å²) < 4.78 is 33.2. The molecule has 2 aromatic rings. The predicted octanol–water partition coefficient (Wildman–Crippen LogP) is 4.24. The van der Waals surface area contributed by atoms with E-state index in [0.29, 0.717) is 13.2 Å². The molecule has 0 heterocycles. The Hall–Kier alpha value is -2.63. The Morgan fingerprint density at radius 2 is 1.84 bits per heavy atom. The van der Waals surface area contributed by atoms with Gasteiger partial charge >= 0.3 is 0 Å². The van der Waals surface area contributed by atoms with Crippen LogP contribution in [0.3, 0.4) is 0 Å². The van der Waals surface area contributed by atoms with Crippen LogP contribution < -0.4 is 15.8 Å². The van der Waals surface area contributed by atoms with Gasteiger partial charge in [-0.2, -0.15) is 0 Å². The minimum absolute atomic E-state index is 0.0232. The molecule has 0 fully saturated rings. The van der Waals surface area contributed by atoms with Crippen molar-refractivity contribution in [2.24, 2.45) is 5.73 Å². The maximum atomic E-state index is 14.1. The molecule has 0 aliphatic rings. The number of nitrogens with two attached hydrogens (primary N) is 1. The Kier molecular flexibility index (Phi) is 6.74. The van der Waals surface area contributed by atoms with Crippen molar-refractivity contribution in [2.45, 2.75) is 32.7 Å². The van der Waals surface area contributed by atoms with Crippen molar-refractivity contribution in [3.63, 3.8) is 0 Å². The van der Waals surface area contributed by atoms with E-state index in [4.69, 9.17) is 10.5 Å². The van der Waals surface area contributed by atoms with Gasteiger partial charge in [0, 0.05) is 6.54 Å². The molecule has 0 aliphatic carbocycles. The molecule has 2 aromatic carbocycles. The number of unbranched alkanes of at least 4 members (excludes halogenated alkanes) is 2. The van der Waals surface area contributed by atoms with Gasteiger partial charge in [0.2, 0.25) is 0 Å². The topological polar surface area (TPSA) is 64.3 Å². The summed E-state index contributed by atoms with van der Waals surface area (Å²) in [6, 6.07) is 9.66. The minimum atomic E-state index is -1.14. The number of anilines is 1. The second kappa shape index (κ2) is 9.01. The average molecular weight is 348 g/mol. The number of carbonyl (C=O) groups excluding carboxylic acids is 1. The maximum absolute atomic E-state index is 14.1. The molecular formula is C19H22F2N2O2. The number of primary amides is 1. The van der Waals surface area contributed by atoms with Crippen molar-refractivity contribution in [1.29, 1.82) is 0 Å². The van der Waals surface area contributed by atoms with Crippen molar-refractivity contribution in [2.75, 3.05) is 11.9 Å². The molecule has 4 nitrogen and oxygen atoms in total. The van der Waals surface area contributed by atoms with E-state index in [-0.39, 0.29) is 5.69 Å². The number of hydrogen-bond acceptors (Lipinski definition) is 3. The van der Waals surface area contributed by atoms with Crippen LogP contribution in [-0.2, 0) is 6.54 Å². The van der Waals surface area contributed by atoms with Gasteiger partial charge in [0.15, 0.2) is 5.82 Å². The van der Waals surface area contributed by atoms with E-state index in [0.717, 1.165) is 36.6 Å². The van der Waals surface area contributed by atoms with E-state index < -0.39 is 23.1 Å². The molecule has 134 valence electrons. The molecule has 3 N–H and O–H groups in total. The van der Waals surface area contributed by atoms with Crippen LogP contribution in [0, 0.1) is 11.6 Å². The molecular weight excluding hydrogens is 326 g/mol. The first-order chi connectivity index (χ1) is 12.0. The SMILES string of the molecule is CCCCCOc1ccc(CNc2ccc(F)c(C(N)=O)c2F)cc1. The number of amides is 1. The van der Waals surface area contributed by atoms with E-state index in [1.165, 1.54) is 6.07 Å². The van der Waals surface area contributed by atoms with Gasteiger partial charge < -0.3 is 15.8 Å². The van der Waals surface area contributed by atoms with Crippen LogP contribution >= 0.6 is 0 Å². The molecule has 0 radical (unpaired) electrons. The lowest BCUT2D eigenvalue weighted by molar-refractivity contribution is 0.0992. The Balaban J connectivity index is 1.95. The quantitative estimate of drug-likeness (QED) is 0.666. The molecule has 2 rings (SSSR count). The fourth-order valence-corrected chi connectivity index (χ4v) is 2.36. The smallest absolute Gasteiger partial charge is 0.254 e. The molecule has 25 heavy (non-hydrogen) atoms. The summed E-state index contributed by atoms with van der Waals surface area (Å²) in [5.41, 5.74) is 5.19. The zero-order chi connectivity index (χ0) is 18.2. The van der Waals surface area contributed by atoms with E-state index in [1.54, 1.807) is 0 Å². The third-order valence-electron chi connectivity index (χ3n) is 3.76. The van der Waals surface area contributed by atoms with Gasteiger partial charge in [0.05, 0.1) is 12.3 Å². The number of nitrogens with one attached hydrogen (secondary N) is 1. The third-order valence-corrected chi connectivity index (χ3v) is 3.76. The second-order valence-corrected chi connectivity index (χ2v) is 5.70. The normalized spacial score (nSPS) is 10.5. The fourth-order valence-electron chi connectivity index (χ4n) is 2.36. The van der Waals surface area contributed by atoms with Crippen LogP contribution in [0.15, 0.2) is 36.4 Å². The summed E-state index contributed by atoms with van der Waals surface area (Å²) >= 11 is 0. The van der Waals surface area contributed by atoms with Gasteiger partial charge in [-0.15, -0.1) is 0 Å². The molecule has 0 saturated carbocycles. The number of ether oxygens (including phenoxy) is 1. The van der Waals surface area contributed by atoms with E-state index >= 15 is 0 Å². The lowest BCUT2D eigenvalue weighted by Crippen LogP contribution is -2.17. The molecule has 0 aromatic heterocycles. The van der Waals surface area contributed by atoms with Crippen molar-refractivity contribution < 1.29 is 18.3 Å². The van der Waals surface area contributed by atoms with Crippen molar-refractivity contribution in [1.82, 2.24) is 0 Å². The number of hydrogen-bond donors (Lipinski definition) is 2. The van der Waals surface area contributed by atoms with E-state index in [2.05, 4.69) is 12.2 Å². The number of rotatable bonds is 9. The Morgan fingerprint density at radius 3 is 2.48 bits per heavy atom. The standard InChI is InChI=1S/C19H22F2N2O2/c1-2-3-4-11-25-14-7-5-13(6-8-14)12-23-16-10-9-15(20)17(18(16)21)19(22)24/h5-10,23H,2-4,11-12H2,1H3,(H2,22,24). The fraction of sp³-hybridized carbons (Fsp3) is 0.316. The molecule has 0 saturated heterocycles. The predicted molar refractivity (Wildman–Crippen MR) is 93.7 cm³/mol. The molecule has 0 aliphatic heterocycles. The first-order valence-electron chi connectivity index (χ1n) is 8.26. The summed E-state index contributed by atoms with van der Waals surface area (Å²) in [4.78, 5) is 11.1. The molecule has 0 unspecified atom stereocenters. The van der Waals surface area contributed by atoms with Gasteiger partial charge in [0.1, 0.15) is 17.1 Å². The lowest BCUT2D eigenvalue weighted by Gasteiger charge is -2.11. The summed E-state index contributed by atoms with van der Waals surface area (Å²) in [6.45, 7) is 3.14. The zero-order valence-electron chi connectivity index (χ0n) is 14.1. The number of carbonyl (C=O) groups is 1. The van der Waals surface area contributed by atoms with Crippen LogP contribution in [0.5, 0.6) is 5.75 Å². The average Bonchev–Trinajstić information content (AvgIpc) is 2.59. The number of benzene rings is 2. The molecule has 0 spiro atoms. The monoisotopic (exact) mass is 348 g/mol. The largest absolute Gasteiger partial charge is 0.494 e. The highest BCUT2D eigenvalue weighted by Gasteiger charge is 2.18. The van der Waals surface area contributed by atoms with Crippen LogP contribution in [0.4, 0.5) is 14.5 Å². The van der Waals surface area contributed by atoms with Gasteiger partial charge in [-0.1, -0.05) is 31.9 Å². The molecule has 1 amide bonds. The van der Waals surface area contributed by atoms with Crippen LogP contribution in [-0.4, -0.2) is 12.5 Å². The summed E-state index contributed by atoms with van der Waals surface area (Å²) in [7, 11) is 0. The Labute approximate surface area is 146 Å². The minimum Gasteiger partial charge on any atom is -0.494 e. The van der Waals surface area contributed by atoms with Crippen molar-refractivity contribution >= 4 is 11.6 Å². The highest BCUT2D eigenvalue weighted by Crippen LogP contribution is 2.22. The van der Waals surface area contributed by atoms with Crippen LogP contribution in [0.1, 0.15) is 42.1 Å². The summed E-state index contributed by atoms with van der Waals surface area (Å²) in [5.74, 6) is -2.31.